The normalized spacial score (nSPS) is 10.4. The molecule has 2 aliphatic rings. The van der Waals surface area contributed by atoms with Gasteiger partial charge in [0, 0.05) is 0 Å². The largest absolute Gasteiger partial charge is 0.329 e. The second kappa shape index (κ2) is 2.68. The quantitative estimate of drug-likeness (QED) is 0.625. The molecule has 0 aromatic carbocycles. The third kappa shape index (κ3) is 1.23. The number of rotatable bonds is 0. The summed E-state index contributed by atoms with van der Waals surface area (Å²) in [6.45, 7) is 2.04. The van der Waals surface area contributed by atoms with E-state index in [4.69, 9.17) is 12.2 Å². The van der Waals surface area contributed by atoms with Gasteiger partial charge in [0.2, 0.25) is 0 Å². The fourth-order valence-electron chi connectivity index (χ4n) is 1.18. The van der Waals surface area contributed by atoms with E-state index in [0.717, 1.165) is 11.4 Å². The lowest BCUT2D eigenvalue weighted by Crippen LogP contribution is -1.70. The fourth-order valence-corrected chi connectivity index (χ4v) is 1.39. The minimum atomic E-state index is 0.551. The van der Waals surface area contributed by atoms with Crippen LogP contribution in [0.5, 0.6) is 0 Å². The molecule has 12 heavy (non-hydrogen) atoms. The monoisotopic (exact) mass is 176 g/mol. The van der Waals surface area contributed by atoms with Gasteiger partial charge in [0.15, 0.2) is 4.77 Å². The Hall–Kier alpha value is -1.22. The van der Waals surface area contributed by atoms with Gasteiger partial charge >= 0.3 is 0 Å². The standard InChI is InChI=1S/C9H8N2S/c1-6-3-2-4-7-8(5-6)11-9(12)10-7/h2-5H,1H3,(H,10,11,12). The summed E-state index contributed by atoms with van der Waals surface area (Å²) >= 11 is 4.92. The van der Waals surface area contributed by atoms with E-state index in [0.29, 0.717) is 4.77 Å². The molecule has 0 saturated carbocycles. The van der Waals surface area contributed by atoms with Crippen LogP contribution in [0.15, 0.2) is 24.3 Å². The molecule has 0 atom stereocenters. The van der Waals surface area contributed by atoms with Crippen molar-refractivity contribution in [3.8, 4) is 11.4 Å². The van der Waals surface area contributed by atoms with Crippen LogP contribution in [0, 0.1) is 11.7 Å². The molecule has 0 amide bonds. The zero-order valence-electron chi connectivity index (χ0n) is 6.66. The van der Waals surface area contributed by atoms with Crippen molar-refractivity contribution in [3.63, 3.8) is 0 Å². The molecule has 0 aromatic rings. The lowest BCUT2D eigenvalue weighted by atomic mass is 10.3. The van der Waals surface area contributed by atoms with Crippen LogP contribution < -0.4 is 0 Å². The van der Waals surface area contributed by atoms with Crippen LogP contribution >= 0.6 is 12.2 Å². The summed E-state index contributed by atoms with van der Waals surface area (Å²) in [5.74, 6) is 0. The first kappa shape index (κ1) is 7.43. The Bertz CT molecular complexity index is 433. The third-order valence-corrected chi connectivity index (χ3v) is 1.92. The van der Waals surface area contributed by atoms with E-state index in [1.54, 1.807) is 0 Å². The second-order valence-electron chi connectivity index (χ2n) is 2.76. The lowest BCUT2D eigenvalue weighted by molar-refractivity contribution is 1.28. The average molecular weight is 176 g/mol. The molecule has 0 saturated heterocycles. The first-order valence-electron chi connectivity index (χ1n) is 3.72. The summed E-state index contributed by atoms with van der Waals surface area (Å²) < 4.78 is 0.551. The second-order valence-corrected chi connectivity index (χ2v) is 3.14. The van der Waals surface area contributed by atoms with E-state index in [-0.39, 0.29) is 0 Å². The van der Waals surface area contributed by atoms with Crippen molar-refractivity contribution >= 4 is 12.2 Å². The van der Waals surface area contributed by atoms with Crippen LogP contribution in [0.4, 0.5) is 0 Å². The van der Waals surface area contributed by atoms with Crippen molar-refractivity contribution < 1.29 is 0 Å². The van der Waals surface area contributed by atoms with Gasteiger partial charge in [0.25, 0.3) is 0 Å². The number of H-pyrrole nitrogens is 1. The van der Waals surface area contributed by atoms with Crippen molar-refractivity contribution in [1.82, 2.24) is 9.97 Å². The fraction of sp³-hybridized carbons (Fsp3) is 0.111. The van der Waals surface area contributed by atoms with Gasteiger partial charge < -0.3 is 4.98 Å². The number of hydrogen-bond acceptors (Lipinski definition) is 2. The molecule has 60 valence electrons. The number of fused-ring (bicyclic) bond motifs is 1. The highest BCUT2D eigenvalue weighted by Crippen LogP contribution is 2.16. The highest BCUT2D eigenvalue weighted by atomic mass is 32.1. The van der Waals surface area contributed by atoms with E-state index in [1.165, 1.54) is 5.56 Å². The molecular formula is C9H8N2S. The summed E-state index contributed by atoms with van der Waals surface area (Å²) in [4.78, 5) is 7.18. The molecule has 2 rings (SSSR count). The summed E-state index contributed by atoms with van der Waals surface area (Å²) in [7, 11) is 0. The first-order chi connectivity index (χ1) is 5.75. The number of nitrogens with zero attached hydrogens (tertiary/aromatic N) is 1. The van der Waals surface area contributed by atoms with Crippen molar-refractivity contribution in [1.29, 1.82) is 0 Å². The van der Waals surface area contributed by atoms with Gasteiger partial charge in [-0.15, -0.1) is 0 Å². The van der Waals surface area contributed by atoms with Gasteiger partial charge in [0.1, 0.15) is 0 Å². The summed E-state index contributed by atoms with van der Waals surface area (Å²) in [6, 6.07) is 8.01. The Labute approximate surface area is 75.6 Å². The van der Waals surface area contributed by atoms with Gasteiger partial charge in [-0.2, -0.15) is 0 Å². The maximum Gasteiger partial charge on any atom is 0.197 e. The predicted octanol–water partition coefficient (Wildman–Crippen LogP) is 2.55. The number of aryl methyl sites for hydroxylation is 1. The summed E-state index contributed by atoms with van der Waals surface area (Å²) in [5, 5.41) is 0. The molecule has 0 bridgehead atoms. The zero-order valence-corrected chi connectivity index (χ0v) is 7.48. The molecule has 1 aliphatic heterocycles. The maximum absolute atomic E-state index is 4.92. The Morgan fingerprint density at radius 2 is 2.25 bits per heavy atom. The first-order valence-corrected chi connectivity index (χ1v) is 4.13. The van der Waals surface area contributed by atoms with Gasteiger partial charge in [0.05, 0.1) is 11.4 Å². The molecule has 1 heterocycles. The van der Waals surface area contributed by atoms with Crippen LogP contribution in [-0.4, -0.2) is 9.97 Å². The molecule has 0 aromatic heterocycles. The number of imidazole rings is 1. The van der Waals surface area contributed by atoms with Crippen LogP contribution in [0.25, 0.3) is 11.4 Å². The van der Waals surface area contributed by atoms with Crippen molar-refractivity contribution in [2.24, 2.45) is 0 Å². The van der Waals surface area contributed by atoms with Crippen molar-refractivity contribution in [2.45, 2.75) is 6.92 Å². The van der Waals surface area contributed by atoms with Crippen molar-refractivity contribution in [2.75, 3.05) is 0 Å². The number of aromatic nitrogens is 2. The lowest BCUT2D eigenvalue weighted by Gasteiger charge is -1.86. The van der Waals surface area contributed by atoms with Crippen LogP contribution in [0.3, 0.4) is 0 Å². The highest BCUT2D eigenvalue weighted by Gasteiger charge is 2.01. The Balaban J connectivity index is 2.81. The van der Waals surface area contributed by atoms with Crippen molar-refractivity contribution in [3.05, 3.63) is 34.6 Å². The smallest absolute Gasteiger partial charge is 0.197 e. The molecule has 1 aliphatic carbocycles. The minimum absolute atomic E-state index is 0.551. The minimum Gasteiger partial charge on any atom is -0.329 e. The molecule has 2 nitrogen and oxygen atoms in total. The zero-order chi connectivity index (χ0) is 8.55. The summed E-state index contributed by atoms with van der Waals surface area (Å²) in [5.41, 5.74) is 3.12. The molecule has 0 unspecified atom stereocenters. The van der Waals surface area contributed by atoms with Gasteiger partial charge in [-0.1, -0.05) is 12.1 Å². The maximum atomic E-state index is 4.92. The topological polar surface area (TPSA) is 28.7 Å². The Morgan fingerprint density at radius 3 is 3.08 bits per heavy atom. The van der Waals surface area contributed by atoms with Gasteiger partial charge in [-0.3, -0.25) is 0 Å². The molecule has 0 fully saturated rings. The van der Waals surface area contributed by atoms with E-state index in [2.05, 4.69) is 9.97 Å². The van der Waals surface area contributed by atoms with Crippen LogP contribution in [0.2, 0.25) is 0 Å². The van der Waals surface area contributed by atoms with E-state index >= 15 is 0 Å². The number of nitrogens with one attached hydrogen (secondary N) is 1. The molecule has 1 N–H and O–H groups in total. The molecule has 0 spiro atoms. The van der Waals surface area contributed by atoms with Gasteiger partial charge in [-0.05, 0) is 36.8 Å². The van der Waals surface area contributed by atoms with Crippen LogP contribution in [0.1, 0.15) is 5.56 Å². The van der Waals surface area contributed by atoms with E-state index < -0.39 is 0 Å². The molecule has 3 heteroatoms. The SMILES string of the molecule is Cc1cccc2nc(=S)[nH]c-2c1. The van der Waals surface area contributed by atoms with E-state index in [9.17, 15) is 0 Å². The Kier molecular flexibility index (Phi) is 1.66. The number of hydrogen-bond donors (Lipinski definition) is 1. The Morgan fingerprint density at radius 1 is 1.42 bits per heavy atom. The van der Waals surface area contributed by atoms with Crippen LogP contribution in [-0.2, 0) is 0 Å². The molecular weight excluding hydrogens is 168 g/mol. The predicted molar refractivity (Wildman–Crippen MR) is 50.8 cm³/mol. The van der Waals surface area contributed by atoms with E-state index in [1.807, 2.05) is 31.2 Å². The molecule has 0 radical (unpaired) electrons. The third-order valence-electron chi connectivity index (χ3n) is 1.72. The average Bonchev–Trinajstić information content (AvgIpc) is 2.23. The highest BCUT2D eigenvalue weighted by molar-refractivity contribution is 7.71. The summed E-state index contributed by atoms with van der Waals surface area (Å²) in [6.07, 6.45) is 0. The number of aromatic amines is 1. The van der Waals surface area contributed by atoms with Gasteiger partial charge in [-0.25, -0.2) is 4.98 Å².